The van der Waals surface area contributed by atoms with Crippen molar-refractivity contribution in [1.82, 2.24) is 10.6 Å². The van der Waals surface area contributed by atoms with Crippen LogP contribution in [-0.4, -0.2) is 30.0 Å². The van der Waals surface area contributed by atoms with Gasteiger partial charge in [0.2, 0.25) is 0 Å². The Morgan fingerprint density at radius 1 is 1.50 bits per heavy atom. The molecule has 1 aliphatic heterocycles. The maximum Gasteiger partial charge on any atom is 0.269 e. The number of piperidine rings is 1. The Labute approximate surface area is 130 Å². The standard InChI is InChI=1S/C16H23N3O3/c1-11-9-12(19(21)22)5-6-13(11)15(20)18-10-14-16(2,3)7-4-8-17-14/h5-6,9,14,17H,4,7-8,10H2,1-3H3,(H,18,20). The van der Waals surface area contributed by atoms with Gasteiger partial charge < -0.3 is 10.6 Å². The lowest BCUT2D eigenvalue weighted by atomic mass is 9.77. The number of nitro benzene ring substituents is 1. The number of aryl methyl sites for hydroxylation is 1. The summed E-state index contributed by atoms with van der Waals surface area (Å²) in [4.78, 5) is 22.6. The van der Waals surface area contributed by atoms with Crippen molar-refractivity contribution in [1.29, 1.82) is 0 Å². The van der Waals surface area contributed by atoms with Gasteiger partial charge in [-0.25, -0.2) is 0 Å². The van der Waals surface area contributed by atoms with Crippen molar-refractivity contribution < 1.29 is 9.72 Å². The van der Waals surface area contributed by atoms with Crippen LogP contribution in [0.3, 0.4) is 0 Å². The molecule has 1 aliphatic rings. The highest BCUT2D eigenvalue weighted by Crippen LogP contribution is 2.29. The van der Waals surface area contributed by atoms with Gasteiger partial charge in [-0.05, 0) is 43.4 Å². The van der Waals surface area contributed by atoms with Crippen LogP contribution in [0, 0.1) is 22.5 Å². The molecule has 1 atom stereocenters. The minimum atomic E-state index is -0.455. The minimum absolute atomic E-state index is 0.00382. The van der Waals surface area contributed by atoms with E-state index in [2.05, 4.69) is 24.5 Å². The van der Waals surface area contributed by atoms with E-state index in [1.807, 2.05) is 0 Å². The second kappa shape index (κ2) is 6.44. The van der Waals surface area contributed by atoms with Gasteiger partial charge in [0.25, 0.3) is 11.6 Å². The lowest BCUT2D eigenvalue weighted by Crippen LogP contribution is -2.52. The maximum atomic E-state index is 12.3. The number of hydrogen-bond acceptors (Lipinski definition) is 4. The molecule has 1 saturated heterocycles. The highest BCUT2D eigenvalue weighted by atomic mass is 16.6. The largest absolute Gasteiger partial charge is 0.350 e. The van der Waals surface area contributed by atoms with E-state index in [-0.39, 0.29) is 23.1 Å². The van der Waals surface area contributed by atoms with Crippen LogP contribution in [0.1, 0.15) is 42.6 Å². The predicted molar refractivity (Wildman–Crippen MR) is 85.0 cm³/mol. The molecule has 1 fully saturated rings. The van der Waals surface area contributed by atoms with Gasteiger partial charge in [0.1, 0.15) is 0 Å². The molecule has 0 spiro atoms. The van der Waals surface area contributed by atoms with Crippen molar-refractivity contribution in [2.45, 2.75) is 39.7 Å². The van der Waals surface area contributed by atoms with Crippen molar-refractivity contribution in [3.05, 3.63) is 39.4 Å². The third-order valence-corrected chi connectivity index (χ3v) is 4.46. The Morgan fingerprint density at radius 2 is 2.23 bits per heavy atom. The number of nitrogens with one attached hydrogen (secondary N) is 2. The molecule has 0 aromatic heterocycles. The van der Waals surface area contributed by atoms with Crippen LogP contribution < -0.4 is 10.6 Å². The van der Waals surface area contributed by atoms with Crippen LogP contribution in [0.4, 0.5) is 5.69 Å². The summed E-state index contributed by atoms with van der Waals surface area (Å²) >= 11 is 0. The first-order valence-corrected chi connectivity index (χ1v) is 7.58. The second-order valence-corrected chi connectivity index (χ2v) is 6.57. The van der Waals surface area contributed by atoms with Gasteiger partial charge in [-0.1, -0.05) is 13.8 Å². The fourth-order valence-corrected chi connectivity index (χ4v) is 2.93. The predicted octanol–water partition coefficient (Wildman–Crippen LogP) is 2.41. The summed E-state index contributed by atoms with van der Waals surface area (Å²) in [6, 6.07) is 4.55. The quantitative estimate of drug-likeness (QED) is 0.661. The van der Waals surface area contributed by atoms with E-state index >= 15 is 0 Å². The minimum Gasteiger partial charge on any atom is -0.350 e. The van der Waals surface area contributed by atoms with E-state index in [9.17, 15) is 14.9 Å². The van der Waals surface area contributed by atoms with Crippen LogP contribution in [0.15, 0.2) is 18.2 Å². The topological polar surface area (TPSA) is 84.3 Å². The number of rotatable bonds is 4. The molecular formula is C16H23N3O3. The monoisotopic (exact) mass is 305 g/mol. The molecule has 120 valence electrons. The van der Waals surface area contributed by atoms with Crippen LogP contribution in [0.25, 0.3) is 0 Å². The van der Waals surface area contributed by atoms with Gasteiger partial charge in [-0.2, -0.15) is 0 Å². The molecule has 1 unspecified atom stereocenters. The maximum absolute atomic E-state index is 12.3. The number of benzene rings is 1. The normalized spacial score (nSPS) is 20.4. The molecule has 22 heavy (non-hydrogen) atoms. The molecule has 0 bridgehead atoms. The van der Waals surface area contributed by atoms with E-state index in [4.69, 9.17) is 0 Å². The van der Waals surface area contributed by atoms with Crippen LogP contribution >= 0.6 is 0 Å². The number of amides is 1. The van der Waals surface area contributed by atoms with Gasteiger partial charge in [0.15, 0.2) is 0 Å². The van der Waals surface area contributed by atoms with Gasteiger partial charge in [0, 0.05) is 30.3 Å². The number of carbonyl (C=O) groups excluding carboxylic acids is 1. The molecule has 2 N–H and O–H groups in total. The van der Waals surface area contributed by atoms with Crippen LogP contribution in [0.2, 0.25) is 0 Å². The fourth-order valence-electron chi connectivity index (χ4n) is 2.93. The first kappa shape index (κ1) is 16.4. The molecule has 1 aromatic rings. The molecule has 1 amide bonds. The van der Waals surface area contributed by atoms with Gasteiger partial charge in [-0.15, -0.1) is 0 Å². The van der Waals surface area contributed by atoms with E-state index < -0.39 is 4.92 Å². The SMILES string of the molecule is Cc1cc([N+](=O)[O-])ccc1C(=O)NCC1NCCCC1(C)C. The zero-order chi connectivity index (χ0) is 16.3. The second-order valence-electron chi connectivity index (χ2n) is 6.57. The first-order chi connectivity index (χ1) is 10.3. The van der Waals surface area contributed by atoms with Gasteiger partial charge >= 0.3 is 0 Å². The lowest BCUT2D eigenvalue weighted by molar-refractivity contribution is -0.384. The number of non-ortho nitro benzene ring substituents is 1. The summed E-state index contributed by atoms with van der Waals surface area (Å²) in [6.45, 7) is 7.65. The van der Waals surface area contributed by atoms with Crippen LogP contribution in [-0.2, 0) is 0 Å². The van der Waals surface area contributed by atoms with E-state index in [0.717, 1.165) is 19.4 Å². The van der Waals surface area contributed by atoms with Crippen molar-refractivity contribution in [2.75, 3.05) is 13.1 Å². The van der Waals surface area contributed by atoms with Crippen molar-refractivity contribution in [3.8, 4) is 0 Å². The molecule has 2 rings (SSSR count). The molecular weight excluding hydrogens is 282 g/mol. The van der Waals surface area contributed by atoms with Gasteiger partial charge in [0.05, 0.1) is 4.92 Å². The number of nitrogens with zero attached hydrogens (tertiary/aromatic N) is 1. The molecule has 1 heterocycles. The zero-order valence-corrected chi connectivity index (χ0v) is 13.3. The van der Waals surface area contributed by atoms with Crippen LogP contribution in [0.5, 0.6) is 0 Å². The van der Waals surface area contributed by atoms with Crippen molar-refractivity contribution in [2.24, 2.45) is 5.41 Å². The number of carbonyl (C=O) groups is 1. The molecule has 0 radical (unpaired) electrons. The van der Waals surface area contributed by atoms with E-state index in [1.165, 1.54) is 18.2 Å². The molecule has 1 aromatic carbocycles. The number of nitro groups is 1. The summed E-state index contributed by atoms with van der Waals surface area (Å²) in [6.07, 6.45) is 2.29. The Kier molecular flexibility index (Phi) is 4.81. The number of hydrogen-bond donors (Lipinski definition) is 2. The summed E-state index contributed by atoms with van der Waals surface area (Å²) in [5, 5.41) is 17.1. The summed E-state index contributed by atoms with van der Waals surface area (Å²) in [5.41, 5.74) is 1.25. The summed E-state index contributed by atoms with van der Waals surface area (Å²) in [5.74, 6) is -0.185. The third kappa shape index (κ3) is 3.62. The molecule has 6 heteroatoms. The Balaban J connectivity index is 2.02. The highest BCUT2D eigenvalue weighted by Gasteiger charge is 2.32. The first-order valence-electron chi connectivity index (χ1n) is 7.58. The highest BCUT2D eigenvalue weighted by molar-refractivity contribution is 5.95. The van der Waals surface area contributed by atoms with Crippen molar-refractivity contribution in [3.63, 3.8) is 0 Å². The average molecular weight is 305 g/mol. The fraction of sp³-hybridized carbons (Fsp3) is 0.562. The zero-order valence-electron chi connectivity index (χ0n) is 13.3. The molecule has 0 aliphatic carbocycles. The Morgan fingerprint density at radius 3 is 2.82 bits per heavy atom. The van der Waals surface area contributed by atoms with E-state index in [1.54, 1.807) is 6.92 Å². The van der Waals surface area contributed by atoms with E-state index in [0.29, 0.717) is 17.7 Å². The summed E-state index contributed by atoms with van der Waals surface area (Å²) in [7, 11) is 0. The van der Waals surface area contributed by atoms with Crippen molar-refractivity contribution >= 4 is 11.6 Å². The smallest absolute Gasteiger partial charge is 0.269 e. The molecule has 6 nitrogen and oxygen atoms in total. The lowest BCUT2D eigenvalue weighted by Gasteiger charge is -2.39. The molecule has 0 saturated carbocycles. The Hall–Kier alpha value is -1.95. The third-order valence-electron chi connectivity index (χ3n) is 4.46. The Bertz CT molecular complexity index is 584. The average Bonchev–Trinajstić information content (AvgIpc) is 2.45. The van der Waals surface area contributed by atoms with Gasteiger partial charge in [-0.3, -0.25) is 14.9 Å². The summed E-state index contributed by atoms with van der Waals surface area (Å²) < 4.78 is 0.